The summed E-state index contributed by atoms with van der Waals surface area (Å²) in [7, 11) is -1.82. The maximum absolute atomic E-state index is 12.9. The highest BCUT2D eigenvalue weighted by molar-refractivity contribution is 7.89. The van der Waals surface area contributed by atoms with Crippen LogP contribution in [0.4, 0.5) is 5.69 Å². The predicted octanol–water partition coefficient (Wildman–Crippen LogP) is 2.53. The third-order valence-corrected chi connectivity index (χ3v) is 8.71. The normalized spacial score (nSPS) is 18.2. The Balaban J connectivity index is 1.18. The fourth-order valence-electron chi connectivity index (χ4n) is 4.78. The molecule has 2 saturated heterocycles. The summed E-state index contributed by atoms with van der Waals surface area (Å²) in [4.78, 5) is 17.8. The average molecular weight is 488 g/mol. The van der Waals surface area contributed by atoms with Gasteiger partial charge >= 0.3 is 0 Å². The van der Waals surface area contributed by atoms with E-state index in [0.717, 1.165) is 64.8 Å². The van der Waals surface area contributed by atoms with Crippen LogP contribution in [0.3, 0.4) is 0 Å². The molecule has 2 aliphatic rings. The van der Waals surface area contributed by atoms with Gasteiger partial charge in [-0.15, -0.1) is 0 Å². The molecule has 2 aromatic rings. The molecule has 2 fully saturated rings. The molecule has 3 heterocycles. The zero-order valence-electron chi connectivity index (χ0n) is 20.2. The number of piperidine rings is 1. The summed E-state index contributed by atoms with van der Waals surface area (Å²) in [6, 6.07) is 12.0. The molecule has 1 aromatic heterocycles. The number of piperazine rings is 1. The molecule has 0 aliphatic carbocycles. The number of amides is 1. The lowest BCUT2D eigenvalue weighted by molar-refractivity contribution is 0.0944. The van der Waals surface area contributed by atoms with Gasteiger partial charge in [-0.2, -0.15) is 4.31 Å². The molecule has 0 spiro atoms. The molecular formula is C25H37N5O3S. The maximum Gasteiger partial charge on any atom is 0.267 e. The van der Waals surface area contributed by atoms with Gasteiger partial charge in [0.15, 0.2) is 0 Å². The first kappa shape index (κ1) is 24.8. The predicted molar refractivity (Wildman–Crippen MR) is 135 cm³/mol. The fraction of sp³-hybridized carbons (Fsp3) is 0.560. The highest BCUT2D eigenvalue weighted by atomic mass is 32.2. The summed E-state index contributed by atoms with van der Waals surface area (Å²) in [6.45, 7) is 6.91. The van der Waals surface area contributed by atoms with E-state index in [1.54, 1.807) is 17.8 Å². The molecule has 0 unspecified atom stereocenters. The molecule has 34 heavy (non-hydrogen) atoms. The third kappa shape index (κ3) is 6.00. The van der Waals surface area contributed by atoms with Gasteiger partial charge in [-0.1, -0.05) is 24.6 Å². The van der Waals surface area contributed by atoms with E-state index in [0.29, 0.717) is 25.3 Å². The molecular weight excluding hydrogens is 450 g/mol. The molecule has 1 aromatic carbocycles. The second-order valence-electron chi connectivity index (χ2n) is 9.26. The quantitative estimate of drug-likeness (QED) is 0.550. The van der Waals surface area contributed by atoms with Crippen LogP contribution in [0.15, 0.2) is 47.5 Å². The van der Waals surface area contributed by atoms with E-state index in [2.05, 4.69) is 39.4 Å². The first-order chi connectivity index (χ1) is 16.4. The van der Waals surface area contributed by atoms with Crippen molar-refractivity contribution in [3.8, 4) is 0 Å². The number of benzene rings is 1. The number of sulfonamides is 1. The van der Waals surface area contributed by atoms with Crippen molar-refractivity contribution in [3.63, 3.8) is 0 Å². The zero-order chi connectivity index (χ0) is 24.0. The average Bonchev–Trinajstić information content (AvgIpc) is 3.28. The number of anilines is 1. The van der Waals surface area contributed by atoms with E-state index >= 15 is 0 Å². The number of aromatic nitrogens is 1. The second kappa shape index (κ2) is 11.4. The van der Waals surface area contributed by atoms with Gasteiger partial charge in [-0.25, -0.2) is 8.42 Å². The summed E-state index contributed by atoms with van der Waals surface area (Å²) in [5.41, 5.74) is 1.67. The van der Waals surface area contributed by atoms with Crippen LogP contribution < -0.4 is 10.2 Å². The van der Waals surface area contributed by atoms with E-state index in [9.17, 15) is 13.2 Å². The minimum absolute atomic E-state index is 0.205. The number of nitrogens with one attached hydrogen (secondary N) is 1. The molecule has 1 N–H and O–H groups in total. The van der Waals surface area contributed by atoms with Gasteiger partial charge < -0.3 is 14.8 Å². The lowest BCUT2D eigenvalue weighted by Gasteiger charge is -2.36. The number of carbonyl (C=O) groups is 1. The SMILES string of the molecule is Cn1cc(S(=O)(=O)N2CCCCC2)cc1C(=O)NCCCCN1CCN(c2ccccc2)CC1. The molecule has 2 aliphatic heterocycles. The minimum Gasteiger partial charge on any atom is -0.369 e. The van der Waals surface area contributed by atoms with Crippen molar-refractivity contribution in [1.29, 1.82) is 0 Å². The number of carbonyl (C=O) groups excluding carboxylic acids is 1. The number of hydrogen-bond acceptors (Lipinski definition) is 5. The van der Waals surface area contributed by atoms with Crippen molar-refractivity contribution in [1.82, 2.24) is 19.1 Å². The highest BCUT2D eigenvalue weighted by Gasteiger charge is 2.28. The van der Waals surface area contributed by atoms with Gasteiger partial charge in [-0.05, 0) is 50.4 Å². The van der Waals surface area contributed by atoms with E-state index in [4.69, 9.17) is 0 Å². The number of unbranched alkanes of at least 4 members (excludes halogenated alkanes) is 1. The van der Waals surface area contributed by atoms with E-state index in [-0.39, 0.29) is 10.8 Å². The van der Waals surface area contributed by atoms with Crippen LogP contribution in [-0.4, -0.2) is 80.5 Å². The lowest BCUT2D eigenvalue weighted by atomic mass is 10.2. The Kier molecular flexibility index (Phi) is 8.28. The fourth-order valence-corrected chi connectivity index (χ4v) is 6.37. The summed E-state index contributed by atoms with van der Waals surface area (Å²) < 4.78 is 28.9. The lowest BCUT2D eigenvalue weighted by Crippen LogP contribution is -2.46. The molecule has 9 heteroatoms. The molecule has 0 atom stereocenters. The maximum atomic E-state index is 12.9. The molecule has 0 radical (unpaired) electrons. The Morgan fingerprint density at radius 1 is 0.941 bits per heavy atom. The first-order valence-electron chi connectivity index (χ1n) is 12.4. The van der Waals surface area contributed by atoms with Crippen molar-refractivity contribution in [3.05, 3.63) is 48.3 Å². The van der Waals surface area contributed by atoms with Crippen molar-refractivity contribution in [2.45, 2.75) is 37.0 Å². The Labute approximate surface area is 203 Å². The largest absolute Gasteiger partial charge is 0.369 e. The molecule has 186 valence electrons. The highest BCUT2D eigenvalue weighted by Crippen LogP contribution is 2.22. The van der Waals surface area contributed by atoms with Gasteiger partial charge in [0, 0.05) is 64.7 Å². The molecule has 8 nitrogen and oxygen atoms in total. The van der Waals surface area contributed by atoms with E-state index in [1.165, 1.54) is 16.1 Å². The molecule has 0 saturated carbocycles. The zero-order valence-corrected chi connectivity index (χ0v) is 21.0. The van der Waals surface area contributed by atoms with Crippen LogP contribution in [0.2, 0.25) is 0 Å². The topological polar surface area (TPSA) is 77.9 Å². The minimum atomic E-state index is -3.54. The number of rotatable bonds is 9. The summed E-state index contributed by atoms with van der Waals surface area (Å²) >= 11 is 0. The summed E-state index contributed by atoms with van der Waals surface area (Å²) in [5, 5.41) is 2.96. The van der Waals surface area contributed by atoms with Gasteiger partial charge in [0.25, 0.3) is 5.91 Å². The van der Waals surface area contributed by atoms with Crippen LogP contribution in [0, 0.1) is 0 Å². The second-order valence-corrected chi connectivity index (χ2v) is 11.2. The van der Waals surface area contributed by atoms with Gasteiger partial charge in [0.2, 0.25) is 10.0 Å². The third-order valence-electron chi connectivity index (χ3n) is 6.85. The number of nitrogens with zero attached hydrogens (tertiary/aromatic N) is 4. The first-order valence-corrected chi connectivity index (χ1v) is 13.9. The summed E-state index contributed by atoms with van der Waals surface area (Å²) in [6.07, 6.45) is 6.32. The Morgan fingerprint density at radius 3 is 2.35 bits per heavy atom. The van der Waals surface area contributed by atoms with Crippen molar-refractivity contribution in [2.75, 3.05) is 57.3 Å². The van der Waals surface area contributed by atoms with Gasteiger partial charge in [0.1, 0.15) is 10.6 Å². The number of aryl methyl sites for hydroxylation is 1. The van der Waals surface area contributed by atoms with Crippen LogP contribution >= 0.6 is 0 Å². The Bertz CT molecular complexity index is 1040. The smallest absolute Gasteiger partial charge is 0.267 e. The van der Waals surface area contributed by atoms with Crippen molar-refractivity contribution >= 4 is 21.6 Å². The van der Waals surface area contributed by atoms with Crippen molar-refractivity contribution in [2.24, 2.45) is 7.05 Å². The standard InChI is InChI=1S/C25H37N5O3S/c1-27-21-23(34(32,33)30-14-7-3-8-15-30)20-24(27)25(31)26-12-6-9-13-28-16-18-29(19-17-28)22-10-4-2-5-11-22/h2,4-5,10-11,20-21H,3,6-9,12-19H2,1H3,(H,26,31). The van der Waals surface area contributed by atoms with Crippen LogP contribution in [-0.2, 0) is 17.1 Å². The van der Waals surface area contributed by atoms with Crippen LogP contribution in [0.5, 0.6) is 0 Å². The molecule has 0 bridgehead atoms. The number of hydrogen-bond donors (Lipinski definition) is 1. The van der Waals surface area contributed by atoms with E-state index in [1.807, 2.05) is 6.07 Å². The molecule has 1 amide bonds. The number of para-hydroxylation sites is 1. The molecule has 4 rings (SSSR count). The monoisotopic (exact) mass is 487 g/mol. The summed E-state index contributed by atoms with van der Waals surface area (Å²) in [5.74, 6) is -0.223. The Morgan fingerprint density at radius 2 is 1.65 bits per heavy atom. The van der Waals surface area contributed by atoms with Crippen LogP contribution in [0.1, 0.15) is 42.6 Å². The van der Waals surface area contributed by atoms with Crippen molar-refractivity contribution < 1.29 is 13.2 Å². The Hall–Kier alpha value is -2.36. The van der Waals surface area contributed by atoms with E-state index < -0.39 is 10.0 Å². The van der Waals surface area contributed by atoms with Crippen LogP contribution in [0.25, 0.3) is 0 Å². The van der Waals surface area contributed by atoms with Gasteiger partial charge in [-0.3, -0.25) is 9.69 Å². The van der Waals surface area contributed by atoms with Gasteiger partial charge in [0.05, 0.1) is 0 Å².